The normalized spacial score (nSPS) is 13.7. The Morgan fingerprint density at radius 2 is 1.68 bits per heavy atom. The van der Waals surface area contributed by atoms with Crippen LogP contribution < -0.4 is 5.32 Å². The third-order valence-corrected chi connectivity index (χ3v) is 5.83. The maximum atomic E-state index is 6.57. The van der Waals surface area contributed by atoms with Crippen molar-refractivity contribution in [3.8, 4) is 0 Å². The van der Waals surface area contributed by atoms with Gasteiger partial charge < -0.3 is 5.32 Å². The molecule has 1 heterocycles. The van der Waals surface area contributed by atoms with E-state index in [2.05, 4.69) is 34.1 Å². The Hall–Kier alpha value is -0.390. The van der Waals surface area contributed by atoms with E-state index < -0.39 is 0 Å². The lowest BCUT2D eigenvalue weighted by molar-refractivity contribution is 0.429. The molecule has 25 heavy (non-hydrogen) atoms. The molecule has 0 bridgehead atoms. The van der Waals surface area contributed by atoms with Crippen molar-refractivity contribution >= 4 is 23.4 Å². The predicted octanol–water partition coefficient (Wildman–Crippen LogP) is 5.47. The molecule has 0 fully saturated rings. The van der Waals surface area contributed by atoms with Crippen LogP contribution in [0.15, 0.2) is 17.8 Å². The van der Waals surface area contributed by atoms with Gasteiger partial charge in [-0.2, -0.15) is 0 Å². The third kappa shape index (κ3) is 12.6. The van der Waals surface area contributed by atoms with Crippen molar-refractivity contribution in [2.75, 3.05) is 12.3 Å². The first kappa shape index (κ1) is 22.7. The fourth-order valence-electron chi connectivity index (χ4n) is 2.81. The predicted molar refractivity (Wildman–Crippen MR) is 110 cm³/mol. The zero-order valence-corrected chi connectivity index (χ0v) is 17.5. The van der Waals surface area contributed by atoms with E-state index in [9.17, 15) is 0 Å². The number of hydrogen-bond donors (Lipinski definition) is 1. The summed E-state index contributed by atoms with van der Waals surface area (Å²) in [5.74, 6) is 0.840. The molecule has 1 N–H and O–H groups in total. The Morgan fingerprint density at radius 1 is 1.00 bits per heavy atom. The van der Waals surface area contributed by atoms with E-state index in [4.69, 9.17) is 11.6 Å². The van der Waals surface area contributed by atoms with Crippen LogP contribution in [-0.4, -0.2) is 38.7 Å². The number of nitrogens with zero attached hydrogens (tertiary/aromatic N) is 3. The van der Waals surface area contributed by atoms with Gasteiger partial charge in [0.25, 0.3) is 0 Å². The van der Waals surface area contributed by atoms with Crippen molar-refractivity contribution in [1.29, 1.82) is 0 Å². The molecule has 0 aliphatic rings. The first-order valence-electron chi connectivity index (χ1n) is 9.88. The minimum absolute atomic E-state index is 0.140. The largest absolute Gasteiger partial charge is 0.314 e. The van der Waals surface area contributed by atoms with E-state index >= 15 is 0 Å². The molecule has 1 aromatic heterocycles. The summed E-state index contributed by atoms with van der Waals surface area (Å²) in [5, 5.41) is 4.63. The molecule has 0 radical (unpaired) electrons. The highest BCUT2D eigenvalue weighted by Gasteiger charge is 2.15. The van der Waals surface area contributed by atoms with Gasteiger partial charge in [0.05, 0.1) is 0 Å². The van der Waals surface area contributed by atoms with Gasteiger partial charge in [-0.05, 0) is 25.8 Å². The lowest BCUT2D eigenvalue weighted by atomic mass is 10.0. The van der Waals surface area contributed by atoms with Crippen LogP contribution in [0, 0.1) is 0 Å². The number of rotatable bonds is 16. The van der Waals surface area contributed by atoms with Crippen molar-refractivity contribution in [3.05, 3.63) is 12.7 Å². The first-order chi connectivity index (χ1) is 12.3. The van der Waals surface area contributed by atoms with Crippen LogP contribution in [0.4, 0.5) is 0 Å². The number of nitrogens with one attached hydrogen (secondary N) is 1. The molecular formula is C19H35ClN4S. The van der Waals surface area contributed by atoms with Gasteiger partial charge >= 0.3 is 0 Å². The fraction of sp³-hybridized carbons (Fsp3) is 0.842. The maximum absolute atomic E-state index is 6.57. The van der Waals surface area contributed by atoms with Gasteiger partial charge in [-0.25, -0.2) is 15.0 Å². The Bertz CT molecular complexity index is 408. The van der Waals surface area contributed by atoms with E-state index in [0.29, 0.717) is 6.04 Å². The van der Waals surface area contributed by atoms with Crippen LogP contribution in [0.25, 0.3) is 0 Å². The monoisotopic (exact) mass is 386 g/mol. The molecule has 0 saturated carbocycles. The molecule has 0 saturated heterocycles. The second kappa shape index (κ2) is 15.8. The molecule has 0 spiro atoms. The van der Waals surface area contributed by atoms with Crippen LogP contribution in [0.2, 0.25) is 0 Å². The zero-order chi connectivity index (χ0) is 18.2. The summed E-state index contributed by atoms with van der Waals surface area (Å²) in [7, 11) is 0. The van der Waals surface area contributed by atoms with Crippen LogP contribution in [-0.2, 0) is 0 Å². The van der Waals surface area contributed by atoms with E-state index in [1.165, 1.54) is 70.4 Å². The van der Waals surface area contributed by atoms with Crippen LogP contribution in [0.5, 0.6) is 0 Å². The molecule has 0 amide bonds. The van der Waals surface area contributed by atoms with Crippen LogP contribution in [0.1, 0.15) is 78.1 Å². The lowest BCUT2D eigenvalue weighted by Crippen LogP contribution is -2.33. The van der Waals surface area contributed by atoms with Gasteiger partial charge in [-0.1, -0.05) is 70.6 Å². The number of halogens is 1. The SMILES string of the molecule is CCCCCCCCNC(CCCC)CC(Cl)CSc1ncncn1. The van der Waals surface area contributed by atoms with E-state index in [1.807, 2.05) is 0 Å². The Labute approximate surface area is 163 Å². The highest BCUT2D eigenvalue weighted by Crippen LogP contribution is 2.20. The summed E-state index contributed by atoms with van der Waals surface area (Å²) in [6, 6.07) is 0.525. The summed E-state index contributed by atoms with van der Waals surface area (Å²) in [4.78, 5) is 12.1. The first-order valence-corrected chi connectivity index (χ1v) is 11.3. The highest BCUT2D eigenvalue weighted by molar-refractivity contribution is 7.99. The summed E-state index contributed by atoms with van der Waals surface area (Å²) < 4.78 is 0. The highest BCUT2D eigenvalue weighted by atomic mass is 35.5. The van der Waals surface area contributed by atoms with Gasteiger partial charge in [-0.15, -0.1) is 11.6 Å². The van der Waals surface area contributed by atoms with Crippen molar-refractivity contribution < 1.29 is 0 Å². The van der Waals surface area contributed by atoms with Crippen molar-refractivity contribution in [2.45, 2.75) is 94.6 Å². The Balaban J connectivity index is 2.21. The van der Waals surface area contributed by atoms with Gasteiger partial charge in [0, 0.05) is 17.2 Å². The average molecular weight is 387 g/mol. The smallest absolute Gasteiger partial charge is 0.190 e. The number of unbranched alkanes of at least 4 members (excludes halogenated alkanes) is 6. The molecule has 6 heteroatoms. The molecule has 1 rings (SSSR count). The van der Waals surface area contributed by atoms with Gasteiger partial charge in [0.2, 0.25) is 0 Å². The van der Waals surface area contributed by atoms with E-state index in [1.54, 1.807) is 11.8 Å². The third-order valence-electron chi connectivity index (χ3n) is 4.27. The summed E-state index contributed by atoms with van der Waals surface area (Å²) >= 11 is 8.18. The van der Waals surface area contributed by atoms with Gasteiger partial charge in [0.1, 0.15) is 12.7 Å². The number of thioether (sulfide) groups is 1. The Kier molecular flexibility index (Phi) is 14.3. The number of aromatic nitrogens is 3. The molecule has 1 aromatic rings. The summed E-state index contributed by atoms with van der Waals surface area (Å²) in [6.45, 7) is 5.63. The Morgan fingerprint density at radius 3 is 2.40 bits per heavy atom. The van der Waals surface area contributed by atoms with E-state index in [0.717, 1.165) is 23.9 Å². The van der Waals surface area contributed by atoms with Crippen molar-refractivity contribution in [1.82, 2.24) is 20.3 Å². The van der Waals surface area contributed by atoms with Crippen LogP contribution >= 0.6 is 23.4 Å². The summed E-state index contributed by atoms with van der Waals surface area (Å²) in [6.07, 6.45) is 15.9. The minimum Gasteiger partial charge on any atom is -0.314 e. The molecular weight excluding hydrogens is 352 g/mol. The molecule has 2 atom stereocenters. The lowest BCUT2D eigenvalue weighted by Gasteiger charge is -2.21. The van der Waals surface area contributed by atoms with Gasteiger partial charge in [-0.3, -0.25) is 0 Å². The molecule has 0 aliphatic carbocycles. The second-order valence-corrected chi connectivity index (χ2v) is 8.23. The van der Waals surface area contributed by atoms with Crippen molar-refractivity contribution in [3.63, 3.8) is 0 Å². The standard InChI is InChI=1S/C19H35ClN4S/c1-3-5-7-8-9-10-12-22-18(11-6-4-2)13-17(20)14-25-19-23-15-21-16-24-19/h15-18,22H,3-14H2,1-2H3. The zero-order valence-electron chi connectivity index (χ0n) is 15.9. The minimum atomic E-state index is 0.140. The molecule has 144 valence electrons. The van der Waals surface area contributed by atoms with E-state index in [-0.39, 0.29) is 5.38 Å². The number of alkyl halides is 1. The topological polar surface area (TPSA) is 50.7 Å². The van der Waals surface area contributed by atoms with Gasteiger partial charge in [0.15, 0.2) is 5.16 Å². The molecule has 2 unspecified atom stereocenters. The summed E-state index contributed by atoms with van der Waals surface area (Å²) in [5.41, 5.74) is 0. The fourth-order valence-corrected chi connectivity index (χ4v) is 3.92. The van der Waals surface area contributed by atoms with Crippen LogP contribution in [0.3, 0.4) is 0 Å². The molecule has 0 aliphatic heterocycles. The van der Waals surface area contributed by atoms with Crippen molar-refractivity contribution in [2.24, 2.45) is 0 Å². The average Bonchev–Trinajstić information content (AvgIpc) is 2.64. The number of hydrogen-bond acceptors (Lipinski definition) is 5. The molecule has 4 nitrogen and oxygen atoms in total. The maximum Gasteiger partial charge on any atom is 0.190 e. The second-order valence-electron chi connectivity index (χ2n) is 6.63. The quantitative estimate of drug-likeness (QED) is 0.232. The molecule has 0 aromatic carbocycles.